The molecular weight excluding hydrogens is 95.0 g/mol. The predicted octanol–water partition coefficient (Wildman–Crippen LogP) is -0.569. The first kappa shape index (κ1) is 9.74. The maximum atomic E-state index is 9.04. The van der Waals surface area contributed by atoms with Crippen molar-refractivity contribution in [2.75, 3.05) is 6.26 Å². The van der Waals surface area contributed by atoms with Crippen molar-refractivity contribution in [3.05, 3.63) is 0 Å². The average Bonchev–Trinajstić information content (AvgIpc) is 1.41. The zero-order chi connectivity index (χ0) is 5.58. The molecule has 0 saturated carbocycles. The van der Waals surface area contributed by atoms with Gasteiger partial charge >= 0.3 is 23.3 Å². The average molecular weight is 102 g/mol. The molecule has 0 aliphatic heterocycles. The molecule has 0 aromatic carbocycles. The SMILES string of the molecule is C[SH](=O)=O.[Li][CH3]. The van der Waals surface area contributed by atoms with Gasteiger partial charge < -0.3 is 0 Å². The Bertz CT molecular complexity index is 59.9. The molecule has 0 atom stereocenters. The second-order valence-electron chi connectivity index (χ2n) is 0.440. The van der Waals surface area contributed by atoms with Crippen molar-refractivity contribution in [2.24, 2.45) is 0 Å². The molecule has 0 spiro atoms. The van der Waals surface area contributed by atoms with E-state index in [1.807, 2.05) is 23.3 Å². The summed E-state index contributed by atoms with van der Waals surface area (Å²) in [6.07, 6.45) is 1.12. The Morgan fingerprint density at radius 3 is 1.33 bits per heavy atom. The quantitative estimate of drug-likeness (QED) is 0.328. The molecule has 0 unspecified atom stereocenters. The van der Waals surface area contributed by atoms with E-state index in [9.17, 15) is 0 Å². The van der Waals surface area contributed by atoms with Crippen molar-refractivity contribution in [3.8, 4) is 0 Å². The van der Waals surface area contributed by atoms with Crippen LogP contribution in [0, 0.1) is 0 Å². The number of hydrogen-bond donors (Lipinski definition) is 1. The zero-order valence-corrected chi connectivity index (χ0v) is 5.16. The fourth-order valence-electron chi connectivity index (χ4n) is 0. The molecule has 0 rings (SSSR count). The van der Waals surface area contributed by atoms with Gasteiger partial charge in [0.05, 0.1) is 0 Å². The van der Waals surface area contributed by atoms with Crippen LogP contribution in [0.5, 0.6) is 0 Å². The van der Waals surface area contributed by atoms with Crippen LogP contribution >= 0.6 is 0 Å². The van der Waals surface area contributed by atoms with E-state index in [1.165, 1.54) is 0 Å². The van der Waals surface area contributed by atoms with Crippen LogP contribution in [0.15, 0.2) is 0 Å². The fraction of sp³-hybridized carbons (Fsp3) is 1.00. The third-order valence-corrected chi connectivity index (χ3v) is 0. The van der Waals surface area contributed by atoms with Gasteiger partial charge in [-0.05, 0) is 0 Å². The molecule has 0 aromatic rings. The van der Waals surface area contributed by atoms with Gasteiger partial charge in [-0.15, -0.1) is 0 Å². The Labute approximate surface area is 49.1 Å². The molecule has 34 valence electrons. The van der Waals surface area contributed by atoms with E-state index in [2.05, 4.69) is 0 Å². The Hall–Kier alpha value is 0.547. The molecule has 0 aromatic heterocycles. The topological polar surface area (TPSA) is 34.1 Å². The summed E-state index contributed by atoms with van der Waals surface area (Å²) < 4.78 is 18.1. The molecule has 0 aliphatic rings. The summed E-state index contributed by atoms with van der Waals surface area (Å²) in [5.74, 6) is 0. The molecular formula is C2H7LiO2S. The standard InChI is InChI=1S/CH4O2S.CH3.Li/c1-4(2)3;;/h4H,1H3;1H3;. The molecule has 0 N–H and O–H groups in total. The van der Waals surface area contributed by atoms with Gasteiger partial charge in [-0.2, -0.15) is 0 Å². The predicted molar refractivity (Wildman–Crippen MR) is 27.9 cm³/mol. The van der Waals surface area contributed by atoms with E-state index in [0.717, 1.165) is 6.26 Å². The molecule has 0 aliphatic carbocycles. The van der Waals surface area contributed by atoms with Crippen LogP contribution < -0.4 is 0 Å². The fourth-order valence-corrected chi connectivity index (χ4v) is 0. The van der Waals surface area contributed by atoms with E-state index in [0.29, 0.717) is 0 Å². The van der Waals surface area contributed by atoms with Crippen LogP contribution in [-0.4, -0.2) is 32.4 Å². The van der Waals surface area contributed by atoms with Crippen molar-refractivity contribution >= 4 is 28.4 Å². The van der Waals surface area contributed by atoms with Crippen LogP contribution in [-0.2, 0) is 10.7 Å². The van der Waals surface area contributed by atoms with Gasteiger partial charge in [0.25, 0.3) is 0 Å². The second kappa shape index (κ2) is 9.12. The summed E-state index contributed by atoms with van der Waals surface area (Å²) in [5, 5.41) is 0. The van der Waals surface area contributed by atoms with Crippen LogP contribution in [0.4, 0.5) is 0 Å². The molecule has 0 bridgehead atoms. The van der Waals surface area contributed by atoms with Crippen molar-refractivity contribution in [1.82, 2.24) is 0 Å². The van der Waals surface area contributed by atoms with Gasteiger partial charge in [0.2, 0.25) is 0 Å². The second-order valence-corrected chi connectivity index (χ2v) is 1.32. The van der Waals surface area contributed by atoms with Crippen molar-refractivity contribution in [3.63, 3.8) is 0 Å². The zero-order valence-electron chi connectivity index (χ0n) is 4.26. The van der Waals surface area contributed by atoms with E-state index in [4.69, 9.17) is 8.42 Å². The molecule has 0 saturated heterocycles. The van der Waals surface area contributed by atoms with E-state index in [-0.39, 0.29) is 0 Å². The van der Waals surface area contributed by atoms with Crippen molar-refractivity contribution < 1.29 is 8.42 Å². The number of rotatable bonds is 0. The van der Waals surface area contributed by atoms with Crippen LogP contribution in [0.2, 0.25) is 5.60 Å². The monoisotopic (exact) mass is 102 g/mol. The van der Waals surface area contributed by atoms with E-state index in [1.54, 1.807) is 0 Å². The first-order valence-electron chi connectivity index (χ1n) is 1.81. The van der Waals surface area contributed by atoms with Gasteiger partial charge in [0.15, 0.2) is 0 Å². The summed E-state index contributed by atoms with van der Waals surface area (Å²) in [6, 6.07) is 0. The third-order valence-electron chi connectivity index (χ3n) is 0. The number of hydrogen-bond acceptors (Lipinski definition) is 2. The van der Waals surface area contributed by atoms with Gasteiger partial charge in [-0.25, -0.2) is 8.42 Å². The first-order valence-corrected chi connectivity index (χ1v) is 3.44. The minimum atomic E-state index is -2.12. The molecule has 0 fully saturated rings. The van der Waals surface area contributed by atoms with Crippen LogP contribution in [0.3, 0.4) is 0 Å². The van der Waals surface area contributed by atoms with Crippen molar-refractivity contribution in [1.29, 1.82) is 0 Å². The van der Waals surface area contributed by atoms with Crippen molar-refractivity contribution in [2.45, 2.75) is 5.60 Å². The Balaban J connectivity index is 0. The molecule has 2 nitrogen and oxygen atoms in total. The summed E-state index contributed by atoms with van der Waals surface area (Å²) in [5.41, 5.74) is 2.00. The Morgan fingerprint density at radius 1 is 1.33 bits per heavy atom. The maximum absolute atomic E-state index is 9.04. The normalized spacial score (nSPS) is 6.83. The van der Waals surface area contributed by atoms with Crippen LogP contribution in [0.1, 0.15) is 0 Å². The minimum absolute atomic E-state index is 1.12. The Kier molecular flexibility index (Phi) is 14.8. The summed E-state index contributed by atoms with van der Waals surface area (Å²) >= 11 is 2.00. The number of thiol groups is 1. The van der Waals surface area contributed by atoms with Gasteiger partial charge in [0, 0.05) is 6.26 Å². The molecule has 0 amide bonds. The summed E-state index contributed by atoms with van der Waals surface area (Å²) in [4.78, 5) is 0. The van der Waals surface area contributed by atoms with Crippen LogP contribution in [0.25, 0.3) is 0 Å². The van der Waals surface area contributed by atoms with Gasteiger partial charge in [-0.3, -0.25) is 0 Å². The summed E-state index contributed by atoms with van der Waals surface area (Å²) in [6.45, 7) is 0. The molecule has 0 heterocycles. The molecule has 4 heteroatoms. The van der Waals surface area contributed by atoms with Gasteiger partial charge in [0.1, 0.15) is 10.7 Å². The third kappa shape index (κ3) is 191. The van der Waals surface area contributed by atoms with E-state index < -0.39 is 10.7 Å². The molecule has 0 radical (unpaired) electrons. The molecule has 6 heavy (non-hydrogen) atoms. The van der Waals surface area contributed by atoms with Gasteiger partial charge in [-0.1, -0.05) is 0 Å². The van der Waals surface area contributed by atoms with E-state index >= 15 is 0 Å². The first-order chi connectivity index (χ1) is 2.73. The Morgan fingerprint density at radius 2 is 1.33 bits per heavy atom. The summed E-state index contributed by atoms with van der Waals surface area (Å²) in [7, 11) is -2.12.